The average Bonchev–Trinajstić information content (AvgIpc) is 2.74. The number of nitrogens with one attached hydrogen (secondary N) is 4. The van der Waals surface area contributed by atoms with Crippen molar-refractivity contribution in [3.05, 3.63) is 0 Å². The van der Waals surface area contributed by atoms with Gasteiger partial charge in [0, 0.05) is 13.0 Å². The van der Waals surface area contributed by atoms with Gasteiger partial charge in [0.1, 0.15) is 6.04 Å². The van der Waals surface area contributed by atoms with Gasteiger partial charge < -0.3 is 21.1 Å². The normalized spacial score (nSPS) is 17.0. The van der Waals surface area contributed by atoms with Crippen LogP contribution in [0.3, 0.4) is 0 Å². The van der Waals surface area contributed by atoms with Gasteiger partial charge in [-0.1, -0.05) is 26.2 Å². The molecular weight excluding hydrogens is 424 g/mol. The third-order valence-corrected chi connectivity index (χ3v) is 7.64. The van der Waals surface area contributed by atoms with Gasteiger partial charge in [-0.15, -0.1) is 0 Å². The molecule has 0 saturated carbocycles. The molecule has 0 radical (unpaired) electrons. The number of aliphatic carboxylic acids is 1. The van der Waals surface area contributed by atoms with Gasteiger partial charge in [-0.2, -0.15) is 4.72 Å². The molecule has 0 spiro atoms. The number of unbranched alkanes of at least 4 members (excludes halogenated alkanes) is 2. The van der Waals surface area contributed by atoms with E-state index in [2.05, 4.69) is 20.7 Å². The van der Waals surface area contributed by atoms with Crippen molar-refractivity contribution in [2.75, 3.05) is 26.2 Å². The van der Waals surface area contributed by atoms with Crippen LogP contribution in [0.25, 0.3) is 0 Å². The number of piperidine rings is 1. The third kappa shape index (κ3) is 11.5. The molecule has 1 unspecified atom stereocenters. The second kappa shape index (κ2) is 14.4. The van der Waals surface area contributed by atoms with Crippen LogP contribution in [0.15, 0.2) is 0 Å². The van der Waals surface area contributed by atoms with Crippen molar-refractivity contribution >= 4 is 27.8 Å². The Balaban J connectivity index is 2.21. The minimum atomic E-state index is -3.81. The van der Waals surface area contributed by atoms with Gasteiger partial charge in [-0.25, -0.2) is 8.42 Å². The molecule has 1 rings (SSSR count). The van der Waals surface area contributed by atoms with Gasteiger partial charge in [-0.05, 0) is 51.6 Å². The van der Waals surface area contributed by atoms with Crippen LogP contribution in [0.4, 0.5) is 0 Å². The summed E-state index contributed by atoms with van der Waals surface area (Å²) >= 11 is 0. The zero-order valence-corrected chi connectivity index (χ0v) is 19.4. The van der Waals surface area contributed by atoms with Crippen LogP contribution in [-0.2, 0) is 24.4 Å². The number of carboxylic acids is 1. The average molecular weight is 463 g/mol. The lowest BCUT2D eigenvalue weighted by atomic mass is 9.92. The number of carbonyl (C=O) groups excluding carboxylic acids is 2. The quantitative estimate of drug-likeness (QED) is 0.220. The van der Waals surface area contributed by atoms with Gasteiger partial charge in [0.15, 0.2) is 0 Å². The van der Waals surface area contributed by atoms with Gasteiger partial charge in [-0.3, -0.25) is 14.4 Å². The summed E-state index contributed by atoms with van der Waals surface area (Å²) < 4.78 is 26.1. The molecule has 11 heteroatoms. The Hall–Kier alpha value is -1.72. The van der Waals surface area contributed by atoms with E-state index in [0.717, 1.165) is 38.3 Å². The Morgan fingerprint density at radius 2 is 1.74 bits per heavy atom. The van der Waals surface area contributed by atoms with Crippen LogP contribution in [0, 0.1) is 5.92 Å². The highest BCUT2D eigenvalue weighted by molar-refractivity contribution is 7.90. The summed E-state index contributed by atoms with van der Waals surface area (Å²) in [7, 11) is -3.81. The minimum Gasteiger partial charge on any atom is -0.480 e. The molecule has 0 aromatic heterocycles. The molecule has 5 N–H and O–H groups in total. The van der Waals surface area contributed by atoms with Crippen molar-refractivity contribution in [2.45, 2.75) is 76.5 Å². The molecule has 10 nitrogen and oxygen atoms in total. The SMILES string of the molecule is CCC(C)S(=O)(=O)N[C@@H](CNC(=O)CNC(=O)CCCCCC1CCNCC1)C(=O)O. The van der Waals surface area contributed by atoms with Crippen LogP contribution in [-0.4, -0.2) is 68.8 Å². The van der Waals surface area contributed by atoms with Crippen molar-refractivity contribution in [3.63, 3.8) is 0 Å². The van der Waals surface area contributed by atoms with E-state index in [1.807, 2.05) is 0 Å². The number of hydrogen-bond donors (Lipinski definition) is 5. The summed E-state index contributed by atoms with van der Waals surface area (Å²) in [6.07, 6.45) is 7.13. The van der Waals surface area contributed by atoms with Crippen LogP contribution in [0.2, 0.25) is 0 Å². The lowest BCUT2D eigenvalue weighted by Gasteiger charge is -2.22. The molecule has 1 saturated heterocycles. The molecule has 0 aliphatic carbocycles. The Morgan fingerprint density at radius 3 is 2.35 bits per heavy atom. The van der Waals surface area contributed by atoms with Crippen molar-refractivity contribution in [1.29, 1.82) is 0 Å². The van der Waals surface area contributed by atoms with Crippen molar-refractivity contribution in [1.82, 2.24) is 20.7 Å². The maximum atomic E-state index is 12.0. The monoisotopic (exact) mass is 462 g/mol. The minimum absolute atomic E-state index is 0.232. The van der Waals surface area contributed by atoms with Crippen LogP contribution in [0.1, 0.15) is 65.2 Å². The molecule has 0 bridgehead atoms. The molecule has 2 amide bonds. The largest absolute Gasteiger partial charge is 0.480 e. The number of amides is 2. The molecular formula is C20H38N4O6S. The predicted molar refractivity (Wildman–Crippen MR) is 118 cm³/mol. The lowest BCUT2D eigenvalue weighted by molar-refractivity contribution is -0.139. The first kappa shape index (κ1) is 27.3. The maximum absolute atomic E-state index is 12.0. The van der Waals surface area contributed by atoms with Crippen LogP contribution >= 0.6 is 0 Å². The topological polar surface area (TPSA) is 154 Å². The van der Waals surface area contributed by atoms with E-state index < -0.39 is 39.7 Å². The smallest absolute Gasteiger partial charge is 0.323 e. The van der Waals surface area contributed by atoms with E-state index in [9.17, 15) is 27.9 Å². The van der Waals surface area contributed by atoms with E-state index in [0.29, 0.717) is 12.8 Å². The summed E-state index contributed by atoms with van der Waals surface area (Å²) in [5, 5.41) is 16.6. The second-order valence-corrected chi connectivity index (χ2v) is 10.3. The molecule has 2 atom stereocenters. The number of hydrogen-bond acceptors (Lipinski definition) is 6. The summed E-state index contributed by atoms with van der Waals surface area (Å²) in [5.74, 6) is -1.42. The van der Waals surface area contributed by atoms with Crippen LogP contribution < -0.4 is 20.7 Å². The molecule has 1 fully saturated rings. The Morgan fingerprint density at radius 1 is 1.06 bits per heavy atom. The van der Waals surface area contributed by atoms with Gasteiger partial charge in [0.2, 0.25) is 21.8 Å². The first-order valence-electron chi connectivity index (χ1n) is 11.1. The van der Waals surface area contributed by atoms with E-state index in [4.69, 9.17) is 0 Å². The lowest BCUT2D eigenvalue weighted by Crippen LogP contribution is -2.51. The fraction of sp³-hybridized carbons (Fsp3) is 0.850. The Labute approximate surface area is 185 Å². The van der Waals surface area contributed by atoms with Crippen molar-refractivity contribution in [3.8, 4) is 0 Å². The summed E-state index contributed by atoms with van der Waals surface area (Å²) in [6.45, 7) is 4.65. The highest BCUT2D eigenvalue weighted by atomic mass is 32.2. The summed E-state index contributed by atoms with van der Waals surface area (Å²) in [6, 6.07) is -1.47. The maximum Gasteiger partial charge on any atom is 0.323 e. The highest BCUT2D eigenvalue weighted by Crippen LogP contribution is 2.19. The zero-order valence-electron chi connectivity index (χ0n) is 18.6. The first-order chi connectivity index (χ1) is 14.7. The third-order valence-electron chi connectivity index (χ3n) is 5.63. The second-order valence-electron chi connectivity index (χ2n) is 8.15. The van der Waals surface area contributed by atoms with E-state index in [1.54, 1.807) is 6.92 Å². The molecule has 31 heavy (non-hydrogen) atoms. The fourth-order valence-corrected chi connectivity index (χ4v) is 4.58. The molecule has 1 aliphatic heterocycles. The predicted octanol–water partition coefficient (Wildman–Crippen LogP) is 0.340. The number of carboxylic acid groups (broad SMARTS) is 1. The summed E-state index contributed by atoms with van der Waals surface area (Å²) in [4.78, 5) is 35.0. The number of sulfonamides is 1. The molecule has 0 aromatic rings. The van der Waals surface area contributed by atoms with Crippen molar-refractivity contribution < 1.29 is 27.9 Å². The fourth-order valence-electron chi connectivity index (χ4n) is 3.32. The molecule has 1 heterocycles. The van der Waals surface area contributed by atoms with Crippen LogP contribution in [0.5, 0.6) is 0 Å². The van der Waals surface area contributed by atoms with Gasteiger partial charge in [0.05, 0.1) is 11.8 Å². The molecule has 180 valence electrons. The number of rotatable bonds is 15. The summed E-state index contributed by atoms with van der Waals surface area (Å²) in [5.41, 5.74) is 0. The van der Waals surface area contributed by atoms with E-state index in [-0.39, 0.29) is 12.5 Å². The van der Waals surface area contributed by atoms with Crippen molar-refractivity contribution in [2.24, 2.45) is 5.92 Å². The standard InChI is InChI=1S/C20H38N4O6S/c1-3-15(2)31(29,30)24-17(20(27)28)13-22-19(26)14-23-18(25)8-6-4-5-7-16-9-11-21-12-10-16/h15-17,21,24H,3-14H2,1-2H3,(H,22,26)(H,23,25)(H,27,28)/t15?,17-/m0/s1. The van der Waals surface area contributed by atoms with Gasteiger partial charge in [0.25, 0.3) is 0 Å². The van der Waals surface area contributed by atoms with E-state index >= 15 is 0 Å². The Bertz CT molecular complexity index is 679. The zero-order chi connectivity index (χ0) is 23.3. The first-order valence-corrected chi connectivity index (χ1v) is 12.7. The number of carbonyl (C=O) groups is 3. The van der Waals surface area contributed by atoms with Gasteiger partial charge >= 0.3 is 5.97 Å². The molecule has 0 aromatic carbocycles. The Kier molecular flexibility index (Phi) is 12.7. The van der Waals surface area contributed by atoms with E-state index in [1.165, 1.54) is 26.2 Å². The highest BCUT2D eigenvalue weighted by Gasteiger charge is 2.27. The molecule has 1 aliphatic rings.